The molecule has 0 bridgehead atoms. The maximum absolute atomic E-state index is 11.8. The second-order valence-corrected chi connectivity index (χ2v) is 7.04. The van der Waals surface area contributed by atoms with Gasteiger partial charge in [0.1, 0.15) is 15.7 Å². The smallest absolute Gasteiger partial charge is 0.320 e. The summed E-state index contributed by atoms with van der Waals surface area (Å²) < 4.78 is 23.5. The normalized spacial score (nSPS) is 11.2. The first-order valence-corrected chi connectivity index (χ1v) is 8.62. The molecule has 0 saturated carbocycles. The van der Waals surface area contributed by atoms with Gasteiger partial charge in [-0.05, 0) is 19.1 Å². The zero-order valence-electron chi connectivity index (χ0n) is 12.3. The number of carbonyl (C=O) groups excluding carboxylic acids is 1. The maximum atomic E-state index is 11.8. The molecule has 2 N–H and O–H groups in total. The molecule has 2 rings (SSSR count). The molecule has 2 heterocycles. The van der Waals surface area contributed by atoms with Crippen molar-refractivity contribution in [2.24, 2.45) is 0 Å². The van der Waals surface area contributed by atoms with Gasteiger partial charge in [0.2, 0.25) is 0 Å². The molecule has 0 spiro atoms. The summed E-state index contributed by atoms with van der Waals surface area (Å²) in [5.41, 5.74) is 0.720. The minimum absolute atomic E-state index is 0.0430. The number of amides is 2. The van der Waals surface area contributed by atoms with Crippen LogP contribution in [-0.2, 0) is 9.84 Å². The Balaban J connectivity index is 2.06. The van der Waals surface area contributed by atoms with Gasteiger partial charge in [0.15, 0.2) is 5.82 Å². The lowest BCUT2D eigenvalue weighted by Gasteiger charge is -2.09. The molecule has 2 aromatic heterocycles. The van der Waals surface area contributed by atoms with Crippen molar-refractivity contribution in [2.45, 2.75) is 6.92 Å². The predicted molar refractivity (Wildman–Crippen MR) is 82.8 cm³/mol. The highest BCUT2D eigenvalue weighted by molar-refractivity contribution is 7.90. The van der Waals surface area contributed by atoms with Crippen molar-refractivity contribution in [1.82, 2.24) is 20.1 Å². The molecule has 0 fully saturated rings. The van der Waals surface area contributed by atoms with Gasteiger partial charge in [0.05, 0.1) is 11.4 Å². The molecule has 0 aromatic carbocycles. The predicted octanol–water partition coefficient (Wildman–Crippen LogP) is 0.742. The Morgan fingerprint density at radius 1 is 1.36 bits per heavy atom. The number of aromatic nitrogens is 3. The topological polar surface area (TPSA) is 106 Å². The average molecular weight is 323 g/mol. The standard InChI is InChI=1S/C13H17N5O3S/c1-10-9-12(16-13(19)15-7-8-22(2,20)21)18(17-10)11-5-3-4-6-14-11/h3-6,9H,7-8H2,1-2H3,(H2,15,16,19). The van der Waals surface area contributed by atoms with E-state index in [0.717, 1.165) is 11.9 Å². The summed E-state index contributed by atoms with van der Waals surface area (Å²) >= 11 is 0. The van der Waals surface area contributed by atoms with Gasteiger partial charge in [-0.15, -0.1) is 0 Å². The van der Waals surface area contributed by atoms with E-state index in [0.29, 0.717) is 11.6 Å². The highest BCUT2D eigenvalue weighted by Crippen LogP contribution is 2.14. The molecule has 118 valence electrons. The van der Waals surface area contributed by atoms with Crippen molar-refractivity contribution in [3.05, 3.63) is 36.2 Å². The summed E-state index contributed by atoms with van der Waals surface area (Å²) in [5.74, 6) is 0.911. The van der Waals surface area contributed by atoms with E-state index in [2.05, 4.69) is 20.7 Å². The lowest BCUT2D eigenvalue weighted by molar-refractivity contribution is 0.252. The molecule has 0 unspecified atom stereocenters. The van der Waals surface area contributed by atoms with E-state index in [-0.39, 0.29) is 12.3 Å². The van der Waals surface area contributed by atoms with E-state index in [1.807, 2.05) is 6.07 Å². The van der Waals surface area contributed by atoms with Crippen LogP contribution >= 0.6 is 0 Å². The van der Waals surface area contributed by atoms with E-state index in [4.69, 9.17) is 0 Å². The van der Waals surface area contributed by atoms with Gasteiger partial charge in [0.25, 0.3) is 0 Å². The van der Waals surface area contributed by atoms with E-state index < -0.39 is 15.9 Å². The van der Waals surface area contributed by atoms with Gasteiger partial charge >= 0.3 is 6.03 Å². The van der Waals surface area contributed by atoms with E-state index in [9.17, 15) is 13.2 Å². The van der Waals surface area contributed by atoms with Crippen LogP contribution in [0.3, 0.4) is 0 Å². The second kappa shape index (κ2) is 6.56. The molecule has 0 saturated heterocycles. The highest BCUT2D eigenvalue weighted by atomic mass is 32.2. The molecular formula is C13H17N5O3S. The number of hydrogen-bond donors (Lipinski definition) is 2. The minimum atomic E-state index is -3.11. The first-order chi connectivity index (χ1) is 10.3. The Morgan fingerprint density at radius 2 is 2.14 bits per heavy atom. The zero-order chi connectivity index (χ0) is 16.2. The molecule has 0 aliphatic carbocycles. The molecule has 0 aliphatic heterocycles. The third kappa shape index (κ3) is 4.55. The molecule has 2 amide bonds. The first kappa shape index (κ1) is 16.0. The molecule has 2 aromatic rings. The summed E-state index contributed by atoms with van der Waals surface area (Å²) in [4.78, 5) is 16.0. The fourth-order valence-corrected chi connectivity index (χ4v) is 2.23. The molecule has 22 heavy (non-hydrogen) atoms. The molecule has 0 atom stereocenters. The Kier molecular flexibility index (Phi) is 4.76. The van der Waals surface area contributed by atoms with Crippen LogP contribution in [-0.4, -0.2) is 47.8 Å². The number of hydrogen-bond acceptors (Lipinski definition) is 5. The van der Waals surface area contributed by atoms with Crippen LogP contribution in [0.1, 0.15) is 5.69 Å². The number of nitrogens with one attached hydrogen (secondary N) is 2. The molecule has 9 heteroatoms. The number of urea groups is 1. The molecule has 0 radical (unpaired) electrons. The van der Waals surface area contributed by atoms with Crippen molar-refractivity contribution < 1.29 is 13.2 Å². The fourth-order valence-electron chi connectivity index (χ4n) is 1.75. The lowest BCUT2D eigenvalue weighted by Crippen LogP contribution is -2.33. The quantitative estimate of drug-likeness (QED) is 0.844. The number of pyridine rings is 1. The molecule has 8 nitrogen and oxygen atoms in total. The number of sulfone groups is 1. The number of aryl methyl sites for hydroxylation is 1. The van der Waals surface area contributed by atoms with E-state index in [1.165, 1.54) is 4.68 Å². The monoisotopic (exact) mass is 323 g/mol. The summed E-state index contributed by atoms with van der Waals surface area (Å²) in [6.07, 6.45) is 2.74. The van der Waals surface area contributed by atoms with Crippen molar-refractivity contribution in [3.63, 3.8) is 0 Å². The Bertz CT molecular complexity index is 755. The van der Waals surface area contributed by atoms with Crippen LogP contribution in [0.2, 0.25) is 0 Å². The van der Waals surface area contributed by atoms with E-state index in [1.54, 1.807) is 31.3 Å². The number of carbonyl (C=O) groups is 1. The van der Waals surface area contributed by atoms with Gasteiger partial charge < -0.3 is 5.32 Å². The minimum Gasteiger partial charge on any atom is -0.337 e. The third-order valence-corrected chi connectivity index (χ3v) is 3.64. The number of rotatable bonds is 5. The van der Waals surface area contributed by atoms with Crippen LogP contribution in [0.4, 0.5) is 10.6 Å². The zero-order valence-corrected chi connectivity index (χ0v) is 13.1. The van der Waals surface area contributed by atoms with Crippen molar-refractivity contribution in [3.8, 4) is 5.82 Å². The van der Waals surface area contributed by atoms with Crippen molar-refractivity contribution >= 4 is 21.7 Å². The SMILES string of the molecule is Cc1cc(NC(=O)NCCS(C)(=O)=O)n(-c2ccccn2)n1. The van der Waals surface area contributed by atoms with Gasteiger partial charge in [-0.25, -0.2) is 18.2 Å². The largest absolute Gasteiger partial charge is 0.337 e. The van der Waals surface area contributed by atoms with Crippen LogP contribution in [0.15, 0.2) is 30.5 Å². The second-order valence-electron chi connectivity index (χ2n) is 4.78. The molecular weight excluding hydrogens is 306 g/mol. The maximum Gasteiger partial charge on any atom is 0.320 e. The van der Waals surface area contributed by atoms with Crippen LogP contribution in [0.5, 0.6) is 0 Å². The van der Waals surface area contributed by atoms with Gasteiger partial charge in [-0.1, -0.05) is 6.07 Å². The van der Waals surface area contributed by atoms with Crippen LogP contribution < -0.4 is 10.6 Å². The highest BCUT2D eigenvalue weighted by Gasteiger charge is 2.11. The molecule has 0 aliphatic rings. The Labute approximate surface area is 128 Å². The van der Waals surface area contributed by atoms with Gasteiger partial charge in [-0.3, -0.25) is 5.32 Å². The summed E-state index contributed by atoms with van der Waals surface area (Å²) in [6, 6.07) is 6.56. The summed E-state index contributed by atoms with van der Waals surface area (Å²) in [5, 5.41) is 9.39. The van der Waals surface area contributed by atoms with Crippen LogP contribution in [0.25, 0.3) is 5.82 Å². The summed E-state index contributed by atoms with van der Waals surface area (Å²) in [7, 11) is -3.11. The Morgan fingerprint density at radius 3 is 2.77 bits per heavy atom. The Hall–Kier alpha value is -2.42. The van der Waals surface area contributed by atoms with Crippen LogP contribution in [0, 0.1) is 6.92 Å². The van der Waals surface area contributed by atoms with Gasteiger partial charge in [0, 0.05) is 25.1 Å². The third-order valence-electron chi connectivity index (χ3n) is 2.70. The number of nitrogens with zero attached hydrogens (tertiary/aromatic N) is 3. The summed E-state index contributed by atoms with van der Waals surface area (Å²) in [6.45, 7) is 1.84. The first-order valence-electron chi connectivity index (χ1n) is 6.56. The van der Waals surface area contributed by atoms with Crippen molar-refractivity contribution in [2.75, 3.05) is 23.9 Å². The lowest BCUT2D eigenvalue weighted by atomic mass is 10.4. The van der Waals surface area contributed by atoms with Gasteiger partial charge in [-0.2, -0.15) is 9.78 Å². The average Bonchev–Trinajstić information content (AvgIpc) is 2.79. The van der Waals surface area contributed by atoms with E-state index >= 15 is 0 Å². The fraction of sp³-hybridized carbons (Fsp3) is 0.308. The number of anilines is 1. The van der Waals surface area contributed by atoms with Crippen molar-refractivity contribution in [1.29, 1.82) is 0 Å².